The van der Waals surface area contributed by atoms with Crippen molar-refractivity contribution in [3.8, 4) is 6.07 Å². The van der Waals surface area contributed by atoms with Gasteiger partial charge >= 0.3 is 11.9 Å². The van der Waals surface area contributed by atoms with Crippen LogP contribution in [0.5, 0.6) is 0 Å². The second-order valence-corrected chi connectivity index (χ2v) is 15.7. The monoisotopic (exact) mass is 591 g/mol. The topological polar surface area (TPSA) is 142 Å². The number of esters is 1. The maximum atomic E-state index is 14.5. The average Bonchev–Trinajstić information content (AvgIpc) is 2.95. The Kier molecular flexibility index (Phi) is 6.96. The van der Waals surface area contributed by atoms with Gasteiger partial charge in [0, 0.05) is 22.2 Å². The van der Waals surface area contributed by atoms with Crippen LogP contribution in [0.2, 0.25) is 0 Å². The van der Waals surface area contributed by atoms with Crippen molar-refractivity contribution in [1.29, 1.82) is 5.26 Å². The van der Waals surface area contributed by atoms with Gasteiger partial charge in [-0.15, -0.1) is 0 Å². The number of nitrogens with zero attached hydrogens (tertiary/aromatic N) is 1. The number of carbonyl (C=O) groups excluding carboxylic acids is 5. The zero-order valence-corrected chi connectivity index (χ0v) is 26.7. The molecule has 0 heterocycles. The summed E-state index contributed by atoms with van der Waals surface area (Å²) in [6, 6.07) is 2.15. The van der Waals surface area contributed by atoms with Crippen molar-refractivity contribution in [3.05, 3.63) is 23.3 Å². The summed E-state index contributed by atoms with van der Waals surface area (Å²) in [6.45, 7) is 14.6. The highest BCUT2D eigenvalue weighted by Crippen LogP contribution is 2.74. The molecule has 8 atom stereocenters. The third kappa shape index (κ3) is 4.11. The van der Waals surface area contributed by atoms with Gasteiger partial charge in [0.25, 0.3) is 0 Å². The predicted octanol–water partition coefficient (Wildman–Crippen LogP) is 4.53. The summed E-state index contributed by atoms with van der Waals surface area (Å²) in [4.78, 5) is 64.6. The van der Waals surface area contributed by atoms with Gasteiger partial charge in [-0.1, -0.05) is 60.1 Å². The number of methoxy groups -OCH3 is 1. The molecule has 3 fully saturated rings. The van der Waals surface area contributed by atoms with Crippen LogP contribution in [-0.4, -0.2) is 36.5 Å². The SMILES string of the molecule is COC(=O)C(=O)NNC(=O)[C@@]1(C)CC[C@]2(C)CCC3(C)C(C(=O)C=C4[C@@]5(C)C=C(C#N)C(=O)C(C)(C)C5CC[C@]43C)[C@@H]2C1. The summed E-state index contributed by atoms with van der Waals surface area (Å²) in [7, 11) is 1.09. The van der Waals surface area contributed by atoms with Crippen LogP contribution in [0, 0.1) is 61.6 Å². The van der Waals surface area contributed by atoms with Gasteiger partial charge in [0.15, 0.2) is 11.6 Å². The summed E-state index contributed by atoms with van der Waals surface area (Å²) in [5, 5.41) is 9.90. The lowest BCUT2D eigenvalue weighted by Crippen LogP contribution is -2.65. The number of amides is 2. The molecule has 5 aliphatic carbocycles. The van der Waals surface area contributed by atoms with Crippen LogP contribution in [0.25, 0.3) is 0 Å². The van der Waals surface area contributed by atoms with E-state index in [1.807, 2.05) is 32.9 Å². The minimum Gasteiger partial charge on any atom is -0.462 e. The smallest absolute Gasteiger partial charge is 0.398 e. The van der Waals surface area contributed by atoms with Gasteiger partial charge in [-0.05, 0) is 79.1 Å². The molecule has 0 aromatic rings. The zero-order valence-electron chi connectivity index (χ0n) is 26.7. The number of ether oxygens (including phenoxy) is 1. The first-order valence-corrected chi connectivity index (χ1v) is 15.5. The van der Waals surface area contributed by atoms with Gasteiger partial charge in [-0.25, -0.2) is 4.79 Å². The fraction of sp³-hybridized carbons (Fsp3) is 0.706. The van der Waals surface area contributed by atoms with Crippen molar-refractivity contribution in [3.63, 3.8) is 0 Å². The number of hydrazine groups is 1. The van der Waals surface area contributed by atoms with Gasteiger partial charge in [-0.2, -0.15) is 5.26 Å². The molecule has 5 aliphatic rings. The van der Waals surface area contributed by atoms with Crippen LogP contribution >= 0.6 is 0 Å². The second-order valence-electron chi connectivity index (χ2n) is 15.7. The van der Waals surface area contributed by atoms with Gasteiger partial charge in [0.1, 0.15) is 6.07 Å². The van der Waals surface area contributed by atoms with E-state index in [1.54, 1.807) is 0 Å². The molecule has 0 aliphatic heterocycles. The number of allylic oxidation sites excluding steroid dienone is 4. The molecule has 0 saturated heterocycles. The Balaban J connectivity index is 1.54. The number of fused-ring (bicyclic) bond motifs is 7. The van der Waals surface area contributed by atoms with Crippen molar-refractivity contribution in [2.24, 2.45) is 50.2 Å². The number of hydrogen-bond acceptors (Lipinski definition) is 7. The maximum Gasteiger partial charge on any atom is 0.398 e. The number of nitrogens with one attached hydrogen (secondary N) is 2. The van der Waals surface area contributed by atoms with Crippen LogP contribution in [0.3, 0.4) is 0 Å². The first-order valence-electron chi connectivity index (χ1n) is 15.5. The fourth-order valence-corrected chi connectivity index (χ4v) is 10.3. The van der Waals surface area contributed by atoms with E-state index in [2.05, 4.69) is 49.4 Å². The number of nitriles is 1. The summed E-state index contributed by atoms with van der Waals surface area (Å²) in [6.07, 6.45) is 9.01. The van der Waals surface area contributed by atoms with Crippen LogP contribution < -0.4 is 10.9 Å². The molecule has 5 rings (SSSR count). The molecule has 0 spiro atoms. The number of hydrogen-bond donors (Lipinski definition) is 2. The summed E-state index contributed by atoms with van der Waals surface area (Å²) in [5.41, 5.74) is 2.80. The lowest BCUT2D eigenvalue weighted by molar-refractivity contribution is -0.173. The quantitative estimate of drug-likeness (QED) is 0.259. The van der Waals surface area contributed by atoms with E-state index in [1.165, 1.54) is 0 Å². The molecule has 2 N–H and O–H groups in total. The lowest BCUT2D eigenvalue weighted by atomic mass is 9.34. The van der Waals surface area contributed by atoms with Crippen molar-refractivity contribution < 1.29 is 28.7 Å². The summed E-state index contributed by atoms with van der Waals surface area (Å²) in [5.74, 6) is -2.97. The second kappa shape index (κ2) is 9.61. The first kappa shape index (κ1) is 31.2. The van der Waals surface area contributed by atoms with Gasteiger partial charge in [0.2, 0.25) is 5.91 Å². The molecule has 0 bridgehead atoms. The van der Waals surface area contributed by atoms with Crippen molar-refractivity contribution in [1.82, 2.24) is 10.9 Å². The van der Waals surface area contributed by atoms with E-state index in [4.69, 9.17) is 0 Å². The highest BCUT2D eigenvalue weighted by molar-refractivity contribution is 6.32. The molecule has 0 aromatic heterocycles. The average molecular weight is 592 g/mol. The van der Waals surface area contributed by atoms with Crippen molar-refractivity contribution >= 4 is 29.4 Å². The third-order valence-electron chi connectivity index (χ3n) is 13.3. The molecule has 3 saturated carbocycles. The Hall–Kier alpha value is -3.28. The van der Waals surface area contributed by atoms with Crippen LogP contribution in [0.4, 0.5) is 0 Å². The Morgan fingerprint density at radius 3 is 2.23 bits per heavy atom. The number of ketones is 2. The summed E-state index contributed by atoms with van der Waals surface area (Å²) < 4.78 is 4.42. The Morgan fingerprint density at radius 1 is 0.953 bits per heavy atom. The zero-order chi connectivity index (χ0) is 32.0. The number of carbonyl (C=O) groups is 5. The molecule has 0 aromatic carbocycles. The first-order chi connectivity index (χ1) is 19.8. The number of Topliss-reactive ketones (excluding diaryl/α,β-unsaturated/α-hetero) is 1. The van der Waals surface area contributed by atoms with Crippen LogP contribution in [0.15, 0.2) is 23.3 Å². The standard InChI is InChI=1S/C34H45N3O6/c1-29(2)22-9-10-33(6)23(32(22,5)16-19(18-35)25(29)39)15-21(38)24-20-17-31(4,28(42)37-36-26(40)27(41)43-8)12-11-30(20,3)13-14-34(24,33)7/h15-16,20,22,24H,9-14,17H2,1-8H3,(H,36,40)(H,37,42)/t20-,22?,24?,30+,31-,32-,33+,34?/m0/s1. The van der Waals surface area contributed by atoms with Crippen molar-refractivity contribution in [2.75, 3.05) is 7.11 Å². The Labute approximate surface area is 254 Å². The van der Waals surface area contributed by atoms with E-state index >= 15 is 0 Å². The van der Waals surface area contributed by atoms with Crippen LogP contribution in [-0.2, 0) is 28.7 Å². The van der Waals surface area contributed by atoms with E-state index in [-0.39, 0.29) is 57.0 Å². The van der Waals surface area contributed by atoms with Gasteiger partial charge in [0.05, 0.1) is 12.7 Å². The molecule has 2 amide bonds. The van der Waals surface area contributed by atoms with Crippen molar-refractivity contribution in [2.45, 2.75) is 93.4 Å². The van der Waals surface area contributed by atoms with Crippen LogP contribution in [0.1, 0.15) is 93.4 Å². The number of rotatable bonds is 1. The molecule has 43 heavy (non-hydrogen) atoms. The highest BCUT2D eigenvalue weighted by atomic mass is 16.5. The van der Waals surface area contributed by atoms with E-state index in [0.29, 0.717) is 12.8 Å². The van der Waals surface area contributed by atoms with E-state index in [0.717, 1.165) is 44.8 Å². The largest absolute Gasteiger partial charge is 0.462 e. The molecule has 9 heteroatoms. The molecule has 0 radical (unpaired) electrons. The Morgan fingerprint density at radius 2 is 1.60 bits per heavy atom. The molecule has 3 unspecified atom stereocenters. The molecular weight excluding hydrogens is 546 g/mol. The minimum absolute atomic E-state index is 0.0207. The van der Waals surface area contributed by atoms with E-state index < -0.39 is 28.1 Å². The third-order valence-corrected chi connectivity index (χ3v) is 13.3. The fourth-order valence-electron chi connectivity index (χ4n) is 10.3. The maximum absolute atomic E-state index is 14.5. The van der Waals surface area contributed by atoms with E-state index in [9.17, 15) is 29.2 Å². The normalized spacial score (nSPS) is 42.8. The molecular formula is C34H45N3O6. The minimum atomic E-state index is -1.10. The molecule has 9 nitrogen and oxygen atoms in total. The van der Waals surface area contributed by atoms with Gasteiger partial charge < -0.3 is 4.74 Å². The highest BCUT2D eigenvalue weighted by Gasteiger charge is 2.69. The molecule has 232 valence electrons. The summed E-state index contributed by atoms with van der Waals surface area (Å²) >= 11 is 0. The predicted molar refractivity (Wildman–Crippen MR) is 157 cm³/mol. The lowest BCUT2D eigenvalue weighted by Gasteiger charge is -2.69. The Bertz CT molecular complexity index is 1440. The van der Waals surface area contributed by atoms with Gasteiger partial charge in [-0.3, -0.25) is 30.0 Å².